The highest BCUT2D eigenvalue weighted by Gasteiger charge is 2.40. The number of hydrazone groups is 1. The van der Waals surface area contributed by atoms with Gasteiger partial charge in [0.05, 0.1) is 21.8 Å². The van der Waals surface area contributed by atoms with E-state index in [2.05, 4.69) is 42.3 Å². The van der Waals surface area contributed by atoms with Gasteiger partial charge >= 0.3 is 0 Å². The molecular weight excluding hydrogens is 391 g/mol. The van der Waals surface area contributed by atoms with Gasteiger partial charge < -0.3 is 4.74 Å². The molecular formula is C23H18Cl2N2O. The lowest BCUT2D eigenvalue weighted by molar-refractivity contribution is -0.0190. The van der Waals surface area contributed by atoms with Gasteiger partial charge in [-0.2, -0.15) is 5.10 Å². The molecule has 140 valence electrons. The van der Waals surface area contributed by atoms with Crippen LogP contribution in [-0.4, -0.2) is 10.7 Å². The lowest BCUT2D eigenvalue weighted by atomic mass is 9.95. The number of hydrogen-bond acceptors (Lipinski definition) is 3. The molecule has 0 aromatic heterocycles. The summed E-state index contributed by atoms with van der Waals surface area (Å²) in [7, 11) is 0. The molecule has 0 bridgehead atoms. The van der Waals surface area contributed by atoms with Gasteiger partial charge in [0.25, 0.3) is 0 Å². The first-order valence-corrected chi connectivity index (χ1v) is 9.99. The first-order valence-electron chi connectivity index (χ1n) is 9.23. The zero-order valence-electron chi connectivity index (χ0n) is 15.3. The van der Waals surface area contributed by atoms with Crippen LogP contribution in [0.3, 0.4) is 0 Å². The van der Waals surface area contributed by atoms with E-state index in [1.54, 1.807) is 6.07 Å². The van der Waals surface area contributed by atoms with Gasteiger partial charge in [-0.25, -0.2) is 5.01 Å². The van der Waals surface area contributed by atoms with Gasteiger partial charge in [-0.15, -0.1) is 0 Å². The summed E-state index contributed by atoms with van der Waals surface area (Å²) in [6, 6.07) is 22.4. The van der Waals surface area contributed by atoms with Crippen LogP contribution in [-0.2, 0) is 0 Å². The van der Waals surface area contributed by atoms with Gasteiger partial charge in [0.15, 0.2) is 0 Å². The quantitative estimate of drug-likeness (QED) is 0.480. The molecule has 0 aliphatic carbocycles. The summed E-state index contributed by atoms with van der Waals surface area (Å²) in [5.41, 5.74) is 5.54. The van der Waals surface area contributed by atoms with Gasteiger partial charge in [-0.3, -0.25) is 0 Å². The van der Waals surface area contributed by atoms with Crippen molar-refractivity contribution in [3.8, 4) is 5.75 Å². The Labute approximate surface area is 174 Å². The molecule has 0 N–H and O–H groups in total. The van der Waals surface area contributed by atoms with E-state index in [1.165, 1.54) is 5.56 Å². The van der Waals surface area contributed by atoms with E-state index >= 15 is 0 Å². The molecule has 2 heterocycles. The van der Waals surface area contributed by atoms with Crippen molar-refractivity contribution < 1.29 is 4.74 Å². The molecule has 0 fully saturated rings. The van der Waals surface area contributed by atoms with Crippen molar-refractivity contribution in [1.82, 2.24) is 5.01 Å². The first kappa shape index (κ1) is 17.6. The van der Waals surface area contributed by atoms with Crippen molar-refractivity contribution in [2.75, 3.05) is 0 Å². The van der Waals surface area contributed by atoms with Crippen molar-refractivity contribution in [3.05, 3.63) is 99.0 Å². The zero-order valence-corrected chi connectivity index (χ0v) is 16.8. The number of ether oxygens (including phenoxy) is 1. The molecule has 0 amide bonds. The molecule has 0 radical (unpaired) electrons. The van der Waals surface area contributed by atoms with E-state index in [-0.39, 0.29) is 12.3 Å². The molecule has 0 saturated heterocycles. The third-order valence-corrected chi connectivity index (χ3v) is 6.05. The average molecular weight is 409 g/mol. The van der Waals surface area contributed by atoms with Crippen molar-refractivity contribution in [3.63, 3.8) is 0 Å². The van der Waals surface area contributed by atoms with Gasteiger partial charge in [0, 0.05) is 17.5 Å². The standard InChI is InChI=1S/C23H18Cl2N2O/c1-14-6-8-15(9-7-14)20-13-21-17-4-2-3-5-22(17)28-23(27(21)26-20)16-10-11-18(24)19(25)12-16/h2-12,21,23H,13H2,1H3/t21-,23-/m0/s1. The molecule has 2 aliphatic rings. The minimum atomic E-state index is -0.349. The topological polar surface area (TPSA) is 24.8 Å². The maximum absolute atomic E-state index is 6.35. The number of aryl methyl sites for hydroxylation is 1. The molecule has 3 nitrogen and oxygen atoms in total. The highest BCUT2D eigenvalue weighted by molar-refractivity contribution is 6.42. The fourth-order valence-electron chi connectivity index (χ4n) is 3.84. The molecule has 5 heteroatoms. The van der Waals surface area contributed by atoms with E-state index in [1.807, 2.05) is 30.3 Å². The van der Waals surface area contributed by atoms with Crippen LogP contribution in [0, 0.1) is 6.92 Å². The fraction of sp³-hybridized carbons (Fsp3) is 0.174. The normalized spacial score (nSPS) is 20.2. The maximum Gasteiger partial charge on any atom is 0.213 e. The van der Waals surface area contributed by atoms with Crippen LogP contribution in [0.1, 0.15) is 40.9 Å². The Morgan fingerprint density at radius 2 is 1.75 bits per heavy atom. The third kappa shape index (κ3) is 2.95. The summed E-state index contributed by atoms with van der Waals surface area (Å²) in [6.07, 6.45) is 0.485. The smallest absolute Gasteiger partial charge is 0.213 e. The summed E-state index contributed by atoms with van der Waals surface area (Å²) in [4.78, 5) is 0. The lowest BCUT2D eigenvalue weighted by Gasteiger charge is -2.38. The average Bonchev–Trinajstić information content (AvgIpc) is 3.16. The van der Waals surface area contributed by atoms with Crippen molar-refractivity contribution in [2.45, 2.75) is 25.6 Å². The minimum absolute atomic E-state index is 0.126. The molecule has 3 aromatic carbocycles. The lowest BCUT2D eigenvalue weighted by Crippen LogP contribution is -2.33. The Morgan fingerprint density at radius 3 is 2.54 bits per heavy atom. The Kier molecular flexibility index (Phi) is 4.30. The molecule has 5 rings (SSSR count). The van der Waals surface area contributed by atoms with Crippen LogP contribution in [0.5, 0.6) is 5.75 Å². The predicted molar refractivity (Wildman–Crippen MR) is 113 cm³/mol. The summed E-state index contributed by atoms with van der Waals surface area (Å²) in [5, 5.41) is 8.07. The SMILES string of the molecule is Cc1ccc(C2=NN3[C@@H](C2)c2ccccc2O[C@H]3c2ccc(Cl)c(Cl)c2)cc1. The van der Waals surface area contributed by atoms with Gasteiger partial charge in [0.1, 0.15) is 5.75 Å². The van der Waals surface area contributed by atoms with Crippen LogP contribution in [0.2, 0.25) is 10.0 Å². The second kappa shape index (κ2) is 6.84. The Morgan fingerprint density at radius 1 is 0.964 bits per heavy atom. The largest absolute Gasteiger partial charge is 0.464 e. The van der Waals surface area contributed by atoms with Gasteiger partial charge in [-0.05, 0) is 30.7 Å². The van der Waals surface area contributed by atoms with E-state index in [4.69, 9.17) is 33.0 Å². The van der Waals surface area contributed by atoms with Crippen LogP contribution in [0.4, 0.5) is 0 Å². The van der Waals surface area contributed by atoms with Crippen molar-refractivity contribution >= 4 is 28.9 Å². The number of fused-ring (bicyclic) bond motifs is 3. The highest BCUT2D eigenvalue weighted by Crippen LogP contribution is 2.47. The minimum Gasteiger partial charge on any atom is -0.464 e. The Bertz CT molecular complexity index is 1080. The number of para-hydroxylation sites is 1. The third-order valence-electron chi connectivity index (χ3n) is 5.31. The summed E-state index contributed by atoms with van der Waals surface area (Å²) in [5.74, 6) is 0.889. The number of hydrogen-bond donors (Lipinski definition) is 0. The van der Waals surface area contributed by atoms with E-state index in [9.17, 15) is 0 Å². The Balaban J connectivity index is 1.59. The number of nitrogens with zero attached hydrogens (tertiary/aromatic N) is 2. The second-order valence-electron chi connectivity index (χ2n) is 7.19. The van der Waals surface area contributed by atoms with Crippen molar-refractivity contribution in [1.29, 1.82) is 0 Å². The second-order valence-corrected chi connectivity index (χ2v) is 8.01. The monoisotopic (exact) mass is 408 g/mol. The predicted octanol–water partition coefficient (Wildman–Crippen LogP) is 6.54. The number of rotatable bonds is 2. The molecule has 0 saturated carbocycles. The van der Waals surface area contributed by atoms with E-state index < -0.39 is 0 Å². The molecule has 0 spiro atoms. The van der Waals surface area contributed by atoms with Crippen LogP contribution < -0.4 is 4.74 Å². The molecule has 0 unspecified atom stereocenters. The van der Waals surface area contributed by atoms with Crippen LogP contribution in [0.25, 0.3) is 0 Å². The van der Waals surface area contributed by atoms with E-state index in [0.717, 1.165) is 34.6 Å². The molecule has 2 atom stereocenters. The van der Waals surface area contributed by atoms with Crippen molar-refractivity contribution in [2.24, 2.45) is 5.10 Å². The highest BCUT2D eigenvalue weighted by atomic mass is 35.5. The molecule has 28 heavy (non-hydrogen) atoms. The summed E-state index contributed by atoms with van der Waals surface area (Å²) < 4.78 is 6.35. The van der Waals surface area contributed by atoms with E-state index in [0.29, 0.717) is 10.0 Å². The van der Waals surface area contributed by atoms with Gasteiger partial charge in [-0.1, -0.05) is 77.3 Å². The zero-order chi connectivity index (χ0) is 19.3. The molecule has 3 aromatic rings. The van der Waals surface area contributed by atoms with Crippen LogP contribution >= 0.6 is 23.2 Å². The maximum atomic E-state index is 6.35. The van der Waals surface area contributed by atoms with Crippen LogP contribution in [0.15, 0.2) is 71.8 Å². The number of benzene rings is 3. The Hall–Kier alpha value is -2.49. The fourth-order valence-corrected chi connectivity index (χ4v) is 4.15. The summed E-state index contributed by atoms with van der Waals surface area (Å²) in [6.45, 7) is 2.09. The molecule has 2 aliphatic heterocycles. The first-order chi connectivity index (χ1) is 13.6. The van der Waals surface area contributed by atoms with Gasteiger partial charge in [0.2, 0.25) is 6.23 Å². The summed E-state index contributed by atoms with van der Waals surface area (Å²) >= 11 is 12.4. The number of halogens is 2.